The fourth-order valence-electron chi connectivity index (χ4n) is 3.27. The van der Waals surface area contributed by atoms with Gasteiger partial charge >= 0.3 is 0 Å². The average Bonchev–Trinajstić information content (AvgIpc) is 3.08. The fourth-order valence-corrected chi connectivity index (χ4v) is 4.14. The summed E-state index contributed by atoms with van der Waals surface area (Å²) in [6.45, 7) is 7.17. The SMILES string of the molecule is Cc1nc2ccc(N[C@@H](C)C(=O)Nc3ccc(N4CCOCC4)cc3)cc2s1. The van der Waals surface area contributed by atoms with Gasteiger partial charge in [-0.2, -0.15) is 0 Å². The van der Waals surface area contributed by atoms with Crippen molar-refractivity contribution in [1.82, 2.24) is 4.98 Å². The Balaban J connectivity index is 1.36. The zero-order chi connectivity index (χ0) is 19.5. The topological polar surface area (TPSA) is 66.5 Å². The van der Waals surface area contributed by atoms with E-state index in [0.29, 0.717) is 0 Å². The van der Waals surface area contributed by atoms with Gasteiger partial charge in [-0.3, -0.25) is 4.79 Å². The molecular weight excluding hydrogens is 372 g/mol. The lowest BCUT2D eigenvalue weighted by atomic mass is 10.2. The van der Waals surface area contributed by atoms with E-state index in [1.807, 2.05) is 56.3 Å². The second kappa shape index (κ2) is 8.16. The van der Waals surface area contributed by atoms with Crippen LogP contribution in [-0.2, 0) is 9.53 Å². The van der Waals surface area contributed by atoms with Crippen molar-refractivity contribution in [3.8, 4) is 0 Å². The fraction of sp³-hybridized carbons (Fsp3) is 0.333. The van der Waals surface area contributed by atoms with Crippen LogP contribution in [0.25, 0.3) is 10.2 Å². The lowest BCUT2D eigenvalue weighted by molar-refractivity contribution is -0.116. The first-order valence-electron chi connectivity index (χ1n) is 9.46. The largest absolute Gasteiger partial charge is 0.378 e. The van der Waals surface area contributed by atoms with E-state index in [-0.39, 0.29) is 11.9 Å². The number of rotatable bonds is 5. The summed E-state index contributed by atoms with van der Waals surface area (Å²) in [5.74, 6) is -0.0697. The van der Waals surface area contributed by atoms with Gasteiger partial charge in [0.05, 0.1) is 28.4 Å². The molecule has 28 heavy (non-hydrogen) atoms. The molecule has 1 aromatic heterocycles. The summed E-state index contributed by atoms with van der Waals surface area (Å²) in [6, 6.07) is 13.6. The first-order valence-corrected chi connectivity index (χ1v) is 10.3. The highest BCUT2D eigenvalue weighted by Gasteiger charge is 2.15. The number of amides is 1. The summed E-state index contributed by atoms with van der Waals surface area (Å²) in [6.07, 6.45) is 0. The summed E-state index contributed by atoms with van der Waals surface area (Å²) in [4.78, 5) is 19.3. The number of hydrogen-bond acceptors (Lipinski definition) is 6. The Bertz CT molecular complexity index is 964. The quantitative estimate of drug-likeness (QED) is 0.685. The molecule has 1 saturated heterocycles. The number of benzene rings is 2. The van der Waals surface area contributed by atoms with Crippen LogP contribution in [0.3, 0.4) is 0 Å². The van der Waals surface area contributed by atoms with Gasteiger partial charge < -0.3 is 20.3 Å². The molecule has 3 aromatic rings. The first-order chi connectivity index (χ1) is 13.6. The van der Waals surface area contributed by atoms with Gasteiger partial charge in [0.25, 0.3) is 0 Å². The molecule has 6 nitrogen and oxygen atoms in total. The lowest BCUT2D eigenvalue weighted by Gasteiger charge is -2.29. The Hall–Kier alpha value is -2.64. The van der Waals surface area contributed by atoms with E-state index in [2.05, 4.69) is 20.5 Å². The Morgan fingerprint density at radius 2 is 1.86 bits per heavy atom. The maximum absolute atomic E-state index is 12.6. The Morgan fingerprint density at radius 3 is 2.61 bits per heavy atom. The van der Waals surface area contributed by atoms with Crippen molar-refractivity contribution in [2.24, 2.45) is 0 Å². The van der Waals surface area contributed by atoms with Gasteiger partial charge in [-0.15, -0.1) is 11.3 Å². The van der Waals surface area contributed by atoms with E-state index in [1.54, 1.807) is 11.3 Å². The third-order valence-electron chi connectivity index (χ3n) is 4.78. The molecule has 0 spiro atoms. The number of morpholine rings is 1. The van der Waals surface area contributed by atoms with Crippen LogP contribution in [0.4, 0.5) is 17.1 Å². The minimum Gasteiger partial charge on any atom is -0.378 e. The molecule has 1 fully saturated rings. The molecule has 0 radical (unpaired) electrons. The molecule has 4 rings (SSSR count). The predicted molar refractivity (Wildman–Crippen MR) is 116 cm³/mol. The van der Waals surface area contributed by atoms with Crippen LogP contribution < -0.4 is 15.5 Å². The molecule has 2 N–H and O–H groups in total. The predicted octanol–water partition coefficient (Wildman–Crippen LogP) is 3.88. The molecule has 7 heteroatoms. The van der Waals surface area contributed by atoms with Crippen LogP contribution in [0, 0.1) is 6.92 Å². The molecule has 0 aliphatic carbocycles. The summed E-state index contributed by atoms with van der Waals surface area (Å²) in [5.41, 5.74) is 3.86. The number of fused-ring (bicyclic) bond motifs is 1. The molecule has 1 atom stereocenters. The first kappa shape index (κ1) is 18.7. The summed E-state index contributed by atoms with van der Waals surface area (Å²) < 4.78 is 6.51. The van der Waals surface area contributed by atoms with Crippen LogP contribution in [0.5, 0.6) is 0 Å². The van der Waals surface area contributed by atoms with Crippen LogP contribution in [0.2, 0.25) is 0 Å². The minimum atomic E-state index is -0.356. The van der Waals surface area contributed by atoms with Crippen LogP contribution in [0.15, 0.2) is 42.5 Å². The number of anilines is 3. The van der Waals surface area contributed by atoms with Crippen molar-refractivity contribution >= 4 is 44.5 Å². The van der Waals surface area contributed by atoms with E-state index in [0.717, 1.165) is 58.6 Å². The van der Waals surface area contributed by atoms with E-state index in [9.17, 15) is 4.79 Å². The van der Waals surface area contributed by atoms with Gasteiger partial charge in [-0.1, -0.05) is 0 Å². The molecule has 2 heterocycles. The van der Waals surface area contributed by atoms with E-state index in [1.165, 1.54) is 0 Å². The van der Waals surface area contributed by atoms with E-state index < -0.39 is 0 Å². The van der Waals surface area contributed by atoms with Gasteiger partial charge in [-0.25, -0.2) is 4.98 Å². The molecule has 1 aliphatic rings. The third-order valence-corrected chi connectivity index (χ3v) is 5.72. The molecule has 0 bridgehead atoms. The number of nitrogens with one attached hydrogen (secondary N) is 2. The second-order valence-corrected chi connectivity index (χ2v) is 8.15. The highest BCUT2D eigenvalue weighted by Crippen LogP contribution is 2.25. The van der Waals surface area contributed by atoms with Crippen molar-refractivity contribution in [2.45, 2.75) is 19.9 Å². The number of aryl methyl sites for hydroxylation is 1. The highest BCUT2D eigenvalue weighted by molar-refractivity contribution is 7.18. The number of carbonyl (C=O) groups is 1. The van der Waals surface area contributed by atoms with E-state index >= 15 is 0 Å². The summed E-state index contributed by atoms with van der Waals surface area (Å²) in [7, 11) is 0. The Morgan fingerprint density at radius 1 is 1.14 bits per heavy atom. The molecule has 1 aliphatic heterocycles. The normalized spacial score (nSPS) is 15.4. The lowest BCUT2D eigenvalue weighted by Crippen LogP contribution is -2.36. The molecule has 146 valence electrons. The Kier molecular flexibility index (Phi) is 5.45. The smallest absolute Gasteiger partial charge is 0.246 e. The van der Waals surface area contributed by atoms with Crippen molar-refractivity contribution in [2.75, 3.05) is 41.8 Å². The molecule has 0 saturated carbocycles. The number of thiazole rings is 1. The van der Waals surface area contributed by atoms with Gasteiger partial charge in [0.2, 0.25) is 5.91 Å². The zero-order valence-corrected chi connectivity index (χ0v) is 16.9. The van der Waals surface area contributed by atoms with Crippen molar-refractivity contribution in [3.63, 3.8) is 0 Å². The van der Waals surface area contributed by atoms with Crippen LogP contribution in [0.1, 0.15) is 11.9 Å². The van der Waals surface area contributed by atoms with Crippen molar-refractivity contribution in [1.29, 1.82) is 0 Å². The number of nitrogens with zero attached hydrogens (tertiary/aromatic N) is 2. The van der Waals surface area contributed by atoms with E-state index in [4.69, 9.17) is 4.74 Å². The third kappa shape index (κ3) is 4.26. The standard InChI is InChI=1S/C21H24N4O2S/c1-14(22-17-5-8-19-20(13-17)28-15(2)23-19)21(26)24-16-3-6-18(7-4-16)25-9-11-27-12-10-25/h3-8,13-14,22H,9-12H2,1-2H3,(H,24,26)/t14-/m0/s1. The van der Waals surface area contributed by atoms with Gasteiger partial charge in [0, 0.05) is 30.2 Å². The number of aromatic nitrogens is 1. The molecule has 2 aromatic carbocycles. The number of carbonyl (C=O) groups excluding carboxylic acids is 1. The summed E-state index contributed by atoms with van der Waals surface area (Å²) in [5, 5.41) is 7.29. The number of ether oxygens (including phenoxy) is 1. The summed E-state index contributed by atoms with van der Waals surface area (Å²) >= 11 is 1.65. The van der Waals surface area contributed by atoms with Gasteiger partial charge in [0.15, 0.2) is 0 Å². The zero-order valence-electron chi connectivity index (χ0n) is 16.1. The molecule has 1 amide bonds. The molecule has 0 unspecified atom stereocenters. The van der Waals surface area contributed by atoms with Crippen LogP contribution >= 0.6 is 11.3 Å². The minimum absolute atomic E-state index is 0.0697. The highest BCUT2D eigenvalue weighted by atomic mass is 32.1. The Labute approximate surface area is 168 Å². The average molecular weight is 397 g/mol. The number of hydrogen-bond donors (Lipinski definition) is 2. The van der Waals surface area contributed by atoms with Crippen LogP contribution in [-0.4, -0.2) is 43.2 Å². The maximum atomic E-state index is 12.6. The van der Waals surface area contributed by atoms with Gasteiger partial charge in [-0.05, 0) is 56.3 Å². The molecular formula is C21H24N4O2S. The van der Waals surface area contributed by atoms with Crippen molar-refractivity contribution < 1.29 is 9.53 Å². The second-order valence-electron chi connectivity index (χ2n) is 6.92. The van der Waals surface area contributed by atoms with Crippen molar-refractivity contribution in [3.05, 3.63) is 47.5 Å². The van der Waals surface area contributed by atoms with Gasteiger partial charge in [0.1, 0.15) is 6.04 Å². The monoisotopic (exact) mass is 396 g/mol. The maximum Gasteiger partial charge on any atom is 0.246 e.